The summed E-state index contributed by atoms with van der Waals surface area (Å²) >= 11 is 2.04. The Hall–Kier alpha value is -3.75. The molecule has 50 heavy (non-hydrogen) atoms. The third-order valence-corrected chi connectivity index (χ3v) is 16.2. The average Bonchev–Trinajstić information content (AvgIpc) is 3.66. The second-order valence-corrected chi connectivity index (χ2v) is 19.1. The maximum absolute atomic E-state index is 2.68. The number of nitrogens with zero attached hydrogens (tertiary/aromatic N) is 1. The van der Waals surface area contributed by atoms with E-state index < -0.39 is 0 Å². The molecule has 0 N–H and O–H groups in total. The van der Waals surface area contributed by atoms with Gasteiger partial charge in [-0.25, -0.2) is 0 Å². The van der Waals surface area contributed by atoms with Crippen LogP contribution in [0.3, 0.4) is 0 Å². The zero-order chi connectivity index (χ0) is 33.6. The molecule has 2 spiro atoms. The zero-order valence-electron chi connectivity index (χ0n) is 29.9. The summed E-state index contributed by atoms with van der Waals surface area (Å²) in [7, 11) is 0. The highest BCUT2D eigenvalue weighted by Crippen LogP contribution is 2.89. The van der Waals surface area contributed by atoms with Crippen LogP contribution in [0.1, 0.15) is 88.5 Å². The van der Waals surface area contributed by atoms with Crippen LogP contribution < -0.4 is 4.90 Å². The van der Waals surface area contributed by atoms with Crippen LogP contribution in [0, 0.1) is 29.1 Å². The molecule has 5 aromatic carbocycles. The summed E-state index contributed by atoms with van der Waals surface area (Å²) < 4.78 is 0. The maximum atomic E-state index is 2.68. The lowest BCUT2D eigenvalue weighted by atomic mass is 9.26. The minimum absolute atomic E-state index is 0.0942. The van der Waals surface area contributed by atoms with Gasteiger partial charge in [0.15, 0.2) is 0 Å². The molecule has 0 amide bonds. The number of para-hydroxylation sites is 1. The van der Waals surface area contributed by atoms with Crippen LogP contribution in [0.2, 0.25) is 0 Å². The monoisotopic (exact) mass is 669 g/mol. The van der Waals surface area contributed by atoms with Crippen molar-refractivity contribution >= 4 is 28.8 Å². The summed E-state index contributed by atoms with van der Waals surface area (Å²) in [4.78, 5) is 5.62. The predicted molar refractivity (Wildman–Crippen MR) is 208 cm³/mol. The zero-order valence-corrected chi connectivity index (χ0v) is 30.7. The number of rotatable bonds is 4. The Labute approximate surface area is 302 Å². The van der Waals surface area contributed by atoms with E-state index in [9.17, 15) is 0 Å². The molecule has 0 radical (unpaired) electrons. The van der Waals surface area contributed by atoms with E-state index in [0.717, 1.165) is 23.7 Å². The third-order valence-electron chi connectivity index (χ3n) is 15.0. The Morgan fingerprint density at radius 3 is 2.14 bits per heavy atom. The molecule has 4 saturated carbocycles. The highest BCUT2D eigenvalue weighted by atomic mass is 32.2. The molecule has 1 heterocycles. The van der Waals surface area contributed by atoms with Crippen molar-refractivity contribution in [3.63, 3.8) is 0 Å². The fraction of sp³-hybridized carbons (Fsp3) is 0.375. The SMILES string of the molecule is CC1(C)CCC(C)(C)c2c(N(c3ccccc3)c3ccc4c(c3)C3(c5cccc(-c6ccccc6)c5S4)C4CC5CC6CC3C64C5)cccc21. The van der Waals surface area contributed by atoms with Crippen LogP contribution >= 0.6 is 11.8 Å². The van der Waals surface area contributed by atoms with E-state index >= 15 is 0 Å². The quantitative estimate of drug-likeness (QED) is 0.187. The van der Waals surface area contributed by atoms with Crippen LogP contribution in [0.4, 0.5) is 17.1 Å². The summed E-state index contributed by atoms with van der Waals surface area (Å²) in [6, 6.07) is 44.5. The Balaban J connectivity index is 1.15. The van der Waals surface area contributed by atoms with Crippen molar-refractivity contribution in [2.45, 2.75) is 92.3 Å². The van der Waals surface area contributed by atoms with Gasteiger partial charge in [0.25, 0.3) is 0 Å². The Morgan fingerprint density at radius 2 is 1.34 bits per heavy atom. The third kappa shape index (κ3) is 3.62. The Kier molecular flexibility index (Phi) is 5.97. The molecule has 1 nitrogen and oxygen atoms in total. The van der Waals surface area contributed by atoms with Crippen LogP contribution in [-0.2, 0) is 16.2 Å². The molecule has 6 unspecified atom stereocenters. The van der Waals surface area contributed by atoms with Gasteiger partial charge in [0.05, 0.1) is 5.69 Å². The molecule has 6 aliphatic rings. The van der Waals surface area contributed by atoms with Crippen molar-refractivity contribution < 1.29 is 0 Å². The van der Waals surface area contributed by atoms with Crippen molar-refractivity contribution in [3.05, 3.63) is 138 Å². The van der Waals surface area contributed by atoms with Gasteiger partial charge in [0.1, 0.15) is 0 Å². The van der Waals surface area contributed by atoms with E-state index in [0.29, 0.717) is 5.41 Å². The van der Waals surface area contributed by atoms with Crippen LogP contribution in [0.15, 0.2) is 125 Å². The minimum atomic E-state index is 0.0942. The first-order valence-corrected chi connectivity index (χ1v) is 20.1. The van der Waals surface area contributed by atoms with Gasteiger partial charge >= 0.3 is 0 Å². The second-order valence-electron chi connectivity index (χ2n) is 18.0. The maximum Gasteiger partial charge on any atom is 0.0502 e. The fourth-order valence-electron chi connectivity index (χ4n) is 13.0. The van der Waals surface area contributed by atoms with E-state index in [1.807, 2.05) is 11.8 Å². The fourth-order valence-corrected chi connectivity index (χ4v) is 14.3. The lowest BCUT2D eigenvalue weighted by Crippen LogP contribution is -2.74. The van der Waals surface area contributed by atoms with Crippen molar-refractivity contribution in [1.82, 2.24) is 0 Å². The molecule has 5 aromatic rings. The molecule has 250 valence electrons. The highest BCUT2D eigenvalue weighted by molar-refractivity contribution is 7.99. The number of fused-ring (bicyclic) bond motifs is 8. The van der Waals surface area contributed by atoms with Crippen LogP contribution in [-0.4, -0.2) is 0 Å². The number of hydrogen-bond donors (Lipinski definition) is 0. The second kappa shape index (κ2) is 9.97. The van der Waals surface area contributed by atoms with E-state index in [-0.39, 0.29) is 16.2 Å². The molecular weight excluding hydrogens is 623 g/mol. The van der Waals surface area contributed by atoms with Gasteiger partial charge in [-0.3, -0.25) is 0 Å². The highest BCUT2D eigenvalue weighted by Gasteiger charge is 2.84. The van der Waals surface area contributed by atoms with Gasteiger partial charge in [-0.15, -0.1) is 0 Å². The Morgan fingerprint density at radius 1 is 0.620 bits per heavy atom. The predicted octanol–water partition coefficient (Wildman–Crippen LogP) is 13.0. The van der Waals surface area contributed by atoms with Crippen molar-refractivity contribution in [1.29, 1.82) is 0 Å². The molecule has 4 fully saturated rings. The van der Waals surface area contributed by atoms with Gasteiger partial charge < -0.3 is 4.90 Å². The summed E-state index contributed by atoms with van der Waals surface area (Å²) in [6.07, 6.45) is 8.22. The first-order valence-electron chi connectivity index (χ1n) is 19.2. The number of anilines is 3. The van der Waals surface area contributed by atoms with E-state index in [2.05, 4.69) is 148 Å². The van der Waals surface area contributed by atoms with Crippen LogP contribution in [0.5, 0.6) is 0 Å². The van der Waals surface area contributed by atoms with Gasteiger partial charge in [0.2, 0.25) is 0 Å². The number of hydrogen-bond acceptors (Lipinski definition) is 2. The Bertz CT molecular complexity index is 2200. The van der Waals surface area contributed by atoms with E-state index in [1.54, 1.807) is 11.1 Å². The van der Waals surface area contributed by atoms with E-state index in [4.69, 9.17) is 0 Å². The molecule has 5 aliphatic carbocycles. The van der Waals surface area contributed by atoms with Gasteiger partial charge in [-0.2, -0.15) is 0 Å². The lowest BCUT2D eigenvalue weighted by molar-refractivity contribution is -0.235. The van der Waals surface area contributed by atoms with Gasteiger partial charge in [-0.1, -0.05) is 118 Å². The standard InChI is InChI=1S/C48H47NS/c1-45(2)23-24-46(3,4)43-36(45)18-12-20-39(43)49(33-15-9-6-10-16-33)34-21-22-40-38(28-34)48(41-26-30-25-32-27-42(48)47(32,41)29-30)37-19-11-17-35(44(37)50-40)31-13-7-5-8-14-31/h5-22,28,30,32,41-42H,23-27,29H2,1-4H3. The molecule has 6 atom stereocenters. The smallest absolute Gasteiger partial charge is 0.0502 e. The largest absolute Gasteiger partial charge is 0.310 e. The van der Waals surface area contributed by atoms with Crippen molar-refractivity contribution in [3.8, 4) is 11.1 Å². The molecule has 1 aliphatic heterocycles. The van der Waals surface area contributed by atoms with Crippen LogP contribution in [0.25, 0.3) is 11.1 Å². The van der Waals surface area contributed by atoms with Crippen molar-refractivity contribution in [2.75, 3.05) is 4.90 Å². The van der Waals surface area contributed by atoms with Gasteiger partial charge in [-0.05, 0) is 148 Å². The molecule has 2 heteroatoms. The summed E-state index contributed by atoms with van der Waals surface area (Å²) in [5, 5.41) is 0. The van der Waals surface area contributed by atoms with Crippen molar-refractivity contribution in [2.24, 2.45) is 29.1 Å². The van der Waals surface area contributed by atoms with Gasteiger partial charge in [0, 0.05) is 26.6 Å². The summed E-state index contributed by atoms with van der Waals surface area (Å²) in [5.41, 5.74) is 13.9. The first-order chi connectivity index (χ1) is 24.2. The number of benzene rings is 5. The molecule has 11 rings (SSSR count). The summed E-state index contributed by atoms with van der Waals surface area (Å²) in [6.45, 7) is 9.85. The lowest BCUT2D eigenvalue weighted by Gasteiger charge is -2.78. The van der Waals surface area contributed by atoms with E-state index in [1.165, 1.54) is 87.6 Å². The molecule has 0 aromatic heterocycles. The minimum Gasteiger partial charge on any atom is -0.310 e. The average molecular weight is 670 g/mol. The first kappa shape index (κ1) is 29.9. The molecule has 0 saturated heterocycles. The topological polar surface area (TPSA) is 3.24 Å². The molecule has 2 bridgehead atoms. The normalized spacial score (nSPS) is 31.1. The summed E-state index contributed by atoms with van der Waals surface area (Å²) in [5.74, 6) is 3.41. The molecular formula is C48H47NS.